The van der Waals surface area contributed by atoms with Gasteiger partial charge >= 0.3 is 12.4 Å². The summed E-state index contributed by atoms with van der Waals surface area (Å²) in [6, 6.07) is 3.28. The summed E-state index contributed by atoms with van der Waals surface area (Å²) in [5.74, 6) is 0. The zero-order valence-electron chi connectivity index (χ0n) is 9.83. The van der Waals surface area contributed by atoms with Gasteiger partial charge in [-0.3, -0.25) is 10.1 Å². The number of rotatable bonds is 4. The highest BCUT2D eigenvalue weighted by Gasteiger charge is 2.58. The van der Waals surface area contributed by atoms with Crippen molar-refractivity contribution in [1.29, 1.82) is 0 Å². The van der Waals surface area contributed by atoms with Gasteiger partial charge in [-0.1, -0.05) is 12.1 Å². The quantitative estimate of drug-likeness (QED) is 0.442. The van der Waals surface area contributed by atoms with E-state index in [0.717, 1.165) is 18.2 Å². The van der Waals surface area contributed by atoms with Crippen LogP contribution in [0.15, 0.2) is 22.7 Å². The van der Waals surface area contributed by atoms with Crippen LogP contribution in [-0.2, 0) is 11.3 Å². The molecule has 0 atom stereocenters. The van der Waals surface area contributed by atoms with E-state index in [0.29, 0.717) is 0 Å². The molecule has 0 saturated carbocycles. The first-order valence-electron chi connectivity index (χ1n) is 5.11. The van der Waals surface area contributed by atoms with Gasteiger partial charge in [0.1, 0.15) is 4.47 Å². The van der Waals surface area contributed by atoms with Gasteiger partial charge in [0.05, 0.1) is 11.5 Å². The Hall–Kier alpha value is -1.36. The standard InChI is InChI=1S/C10H6BrF6NO3/c11-7-5(2-1-3-6(7)18(19)20)4-21-8(9(12,13)14)10(15,16)17/h1-3,8H,4H2. The first kappa shape index (κ1) is 17.7. The van der Waals surface area contributed by atoms with E-state index < -0.39 is 35.7 Å². The average Bonchev–Trinajstić information content (AvgIpc) is 2.27. The van der Waals surface area contributed by atoms with Crippen LogP contribution in [0.3, 0.4) is 0 Å². The molecule has 0 fully saturated rings. The Morgan fingerprint density at radius 2 is 1.71 bits per heavy atom. The van der Waals surface area contributed by atoms with Gasteiger partial charge in [0.25, 0.3) is 5.69 Å². The molecule has 1 aromatic carbocycles. The number of hydrogen-bond donors (Lipinski definition) is 0. The van der Waals surface area contributed by atoms with E-state index in [1.807, 2.05) is 0 Å². The summed E-state index contributed by atoms with van der Waals surface area (Å²) < 4.78 is 77.2. The summed E-state index contributed by atoms with van der Waals surface area (Å²) in [6.07, 6.45) is -15.2. The number of halogens is 7. The van der Waals surface area contributed by atoms with E-state index in [1.165, 1.54) is 0 Å². The third-order valence-electron chi connectivity index (χ3n) is 2.26. The normalized spacial score (nSPS) is 12.8. The Labute approximate surface area is 122 Å². The molecule has 4 nitrogen and oxygen atoms in total. The second-order valence-electron chi connectivity index (χ2n) is 3.78. The van der Waals surface area contributed by atoms with Crippen molar-refractivity contribution in [2.45, 2.75) is 25.1 Å². The first-order valence-corrected chi connectivity index (χ1v) is 5.90. The lowest BCUT2D eigenvalue weighted by Crippen LogP contribution is -2.44. The molecule has 11 heteroatoms. The topological polar surface area (TPSA) is 52.4 Å². The summed E-state index contributed by atoms with van der Waals surface area (Å²) in [6.45, 7) is -1.09. The van der Waals surface area contributed by atoms with Gasteiger partial charge in [0.15, 0.2) is 0 Å². The molecule has 1 rings (SSSR count). The maximum atomic E-state index is 12.3. The fourth-order valence-electron chi connectivity index (χ4n) is 1.37. The van der Waals surface area contributed by atoms with Crippen LogP contribution in [0.1, 0.15) is 5.56 Å². The van der Waals surface area contributed by atoms with Crippen molar-refractivity contribution in [2.24, 2.45) is 0 Å². The van der Waals surface area contributed by atoms with Crippen molar-refractivity contribution >= 4 is 21.6 Å². The molecule has 0 bridgehead atoms. The number of hydrogen-bond acceptors (Lipinski definition) is 3. The highest BCUT2D eigenvalue weighted by Crippen LogP contribution is 2.37. The summed E-state index contributed by atoms with van der Waals surface area (Å²) in [5, 5.41) is 10.6. The maximum absolute atomic E-state index is 12.3. The zero-order chi connectivity index (χ0) is 16.4. The molecule has 0 aliphatic carbocycles. The Morgan fingerprint density at radius 3 is 2.14 bits per heavy atom. The highest BCUT2D eigenvalue weighted by molar-refractivity contribution is 9.10. The number of nitro groups is 1. The number of alkyl halides is 6. The minimum atomic E-state index is -5.63. The molecule has 0 amide bonds. The molecule has 0 radical (unpaired) electrons. The van der Waals surface area contributed by atoms with Crippen LogP contribution in [-0.4, -0.2) is 23.4 Å². The molecular weight excluding hydrogens is 376 g/mol. The number of nitrogens with zero attached hydrogens (tertiary/aromatic N) is 1. The summed E-state index contributed by atoms with van der Waals surface area (Å²) in [5.41, 5.74) is -0.700. The molecule has 0 aromatic heterocycles. The van der Waals surface area contributed by atoms with E-state index in [4.69, 9.17) is 0 Å². The SMILES string of the molecule is O=[N+]([O-])c1cccc(COC(C(F)(F)F)C(F)(F)F)c1Br. The van der Waals surface area contributed by atoms with Gasteiger partial charge in [0, 0.05) is 6.07 Å². The van der Waals surface area contributed by atoms with Gasteiger partial charge in [-0.15, -0.1) is 0 Å². The molecule has 0 unspecified atom stereocenters. The molecule has 118 valence electrons. The summed E-state index contributed by atoms with van der Waals surface area (Å²) in [4.78, 5) is 9.77. The van der Waals surface area contributed by atoms with E-state index in [9.17, 15) is 36.5 Å². The van der Waals surface area contributed by atoms with Gasteiger partial charge in [0.2, 0.25) is 6.10 Å². The van der Waals surface area contributed by atoms with Crippen molar-refractivity contribution < 1.29 is 36.0 Å². The predicted octanol–water partition coefficient (Wildman–Crippen LogP) is 4.37. The van der Waals surface area contributed by atoms with Crippen LogP contribution >= 0.6 is 15.9 Å². The lowest BCUT2D eigenvalue weighted by molar-refractivity contribution is -0.385. The van der Waals surface area contributed by atoms with E-state index in [2.05, 4.69) is 20.7 Å². The zero-order valence-corrected chi connectivity index (χ0v) is 11.4. The number of benzene rings is 1. The third kappa shape index (κ3) is 4.56. The minimum absolute atomic E-state index is 0.206. The molecular formula is C10H6BrF6NO3. The van der Waals surface area contributed by atoms with Crippen molar-refractivity contribution in [2.75, 3.05) is 0 Å². The van der Waals surface area contributed by atoms with E-state index >= 15 is 0 Å². The predicted molar refractivity (Wildman–Crippen MR) is 61.5 cm³/mol. The summed E-state index contributed by atoms with van der Waals surface area (Å²) in [7, 11) is 0. The van der Waals surface area contributed by atoms with Gasteiger partial charge < -0.3 is 4.74 Å². The van der Waals surface area contributed by atoms with E-state index in [-0.39, 0.29) is 10.0 Å². The second kappa shape index (κ2) is 6.18. The Bertz CT molecular complexity index is 517. The molecule has 0 aliphatic rings. The average molecular weight is 382 g/mol. The lowest BCUT2D eigenvalue weighted by Gasteiger charge is -2.23. The Morgan fingerprint density at radius 1 is 1.19 bits per heavy atom. The molecule has 0 heterocycles. The van der Waals surface area contributed by atoms with Gasteiger partial charge in [-0.2, -0.15) is 26.3 Å². The van der Waals surface area contributed by atoms with Crippen LogP contribution < -0.4 is 0 Å². The minimum Gasteiger partial charge on any atom is -0.356 e. The molecule has 0 saturated heterocycles. The largest absolute Gasteiger partial charge is 0.423 e. The third-order valence-corrected chi connectivity index (χ3v) is 3.17. The molecule has 0 aliphatic heterocycles. The first-order chi connectivity index (χ1) is 9.44. The second-order valence-corrected chi connectivity index (χ2v) is 4.57. The molecule has 21 heavy (non-hydrogen) atoms. The molecule has 0 N–H and O–H groups in total. The number of nitro benzene ring substituents is 1. The van der Waals surface area contributed by atoms with Crippen LogP contribution in [0, 0.1) is 10.1 Å². The van der Waals surface area contributed by atoms with Gasteiger partial charge in [-0.05, 0) is 21.5 Å². The van der Waals surface area contributed by atoms with Crippen molar-refractivity contribution in [3.05, 3.63) is 38.3 Å². The lowest BCUT2D eigenvalue weighted by atomic mass is 10.2. The van der Waals surface area contributed by atoms with Crippen LogP contribution in [0.4, 0.5) is 32.0 Å². The van der Waals surface area contributed by atoms with Crippen molar-refractivity contribution in [3.63, 3.8) is 0 Å². The summed E-state index contributed by atoms with van der Waals surface area (Å²) >= 11 is 2.75. The van der Waals surface area contributed by atoms with Crippen molar-refractivity contribution in [1.82, 2.24) is 0 Å². The van der Waals surface area contributed by atoms with Crippen molar-refractivity contribution in [3.8, 4) is 0 Å². The fourth-order valence-corrected chi connectivity index (χ4v) is 1.89. The number of ether oxygens (including phenoxy) is 1. The molecule has 1 aromatic rings. The van der Waals surface area contributed by atoms with Crippen LogP contribution in [0.25, 0.3) is 0 Å². The Balaban J connectivity index is 2.97. The van der Waals surface area contributed by atoms with Crippen LogP contribution in [0.2, 0.25) is 0 Å². The Kier molecular flexibility index (Phi) is 5.20. The van der Waals surface area contributed by atoms with E-state index in [1.54, 1.807) is 0 Å². The fraction of sp³-hybridized carbons (Fsp3) is 0.400. The molecule has 0 spiro atoms. The van der Waals surface area contributed by atoms with Gasteiger partial charge in [-0.25, -0.2) is 0 Å². The smallest absolute Gasteiger partial charge is 0.356 e. The van der Waals surface area contributed by atoms with Crippen LogP contribution in [0.5, 0.6) is 0 Å². The highest BCUT2D eigenvalue weighted by atomic mass is 79.9. The maximum Gasteiger partial charge on any atom is 0.423 e. The monoisotopic (exact) mass is 381 g/mol.